The third-order valence-corrected chi connectivity index (χ3v) is 4.02. The average molecular weight is 290 g/mol. The van der Waals surface area contributed by atoms with Crippen LogP contribution in [0.3, 0.4) is 0 Å². The van der Waals surface area contributed by atoms with E-state index in [2.05, 4.69) is 34.6 Å². The van der Waals surface area contributed by atoms with E-state index in [1.807, 2.05) is 18.2 Å². The topological polar surface area (TPSA) is 56.8 Å². The lowest BCUT2D eigenvalue weighted by Gasteiger charge is -2.34. The molecule has 2 aliphatic heterocycles. The Labute approximate surface area is 125 Å². The van der Waals surface area contributed by atoms with Crippen LogP contribution in [0, 0.1) is 0 Å². The zero-order valence-electron chi connectivity index (χ0n) is 12.6. The molecule has 21 heavy (non-hydrogen) atoms. The molecule has 0 radical (unpaired) electrons. The van der Waals surface area contributed by atoms with E-state index in [-0.39, 0.29) is 18.6 Å². The van der Waals surface area contributed by atoms with E-state index >= 15 is 0 Å². The number of piperazine rings is 1. The summed E-state index contributed by atoms with van der Waals surface area (Å²) >= 11 is 0. The standard InChI is InChI=1S/C15H22N4O2/c1-11(17-19-7-5-18(2)6-8-19)12-3-4-14-13(9-12)16-15(20)10-21-14/h3-4,9,11,17H,5-8,10H2,1-2H3,(H,16,20). The Balaban J connectivity index is 1.66. The molecule has 0 aromatic heterocycles. The van der Waals surface area contributed by atoms with E-state index in [0.29, 0.717) is 0 Å². The van der Waals surface area contributed by atoms with E-state index in [9.17, 15) is 4.79 Å². The van der Waals surface area contributed by atoms with Gasteiger partial charge < -0.3 is 15.0 Å². The molecular formula is C15H22N4O2. The summed E-state index contributed by atoms with van der Waals surface area (Å²) in [6.45, 7) is 6.42. The van der Waals surface area contributed by atoms with Gasteiger partial charge in [0.05, 0.1) is 5.69 Å². The number of likely N-dealkylation sites (N-methyl/N-ethyl adjacent to an activating group) is 1. The smallest absolute Gasteiger partial charge is 0.262 e. The van der Waals surface area contributed by atoms with Gasteiger partial charge in [0.1, 0.15) is 5.75 Å². The van der Waals surface area contributed by atoms with Gasteiger partial charge in [-0.15, -0.1) is 0 Å². The highest BCUT2D eigenvalue weighted by molar-refractivity contribution is 5.95. The SMILES string of the molecule is CC(NN1CCN(C)CC1)c1ccc2c(c1)NC(=O)CO2. The van der Waals surface area contributed by atoms with Crippen LogP contribution >= 0.6 is 0 Å². The number of ether oxygens (including phenoxy) is 1. The van der Waals surface area contributed by atoms with Crippen molar-refractivity contribution in [3.05, 3.63) is 23.8 Å². The fraction of sp³-hybridized carbons (Fsp3) is 0.533. The molecular weight excluding hydrogens is 268 g/mol. The number of fused-ring (bicyclic) bond motifs is 1. The number of anilines is 1. The first-order chi connectivity index (χ1) is 10.1. The van der Waals surface area contributed by atoms with Gasteiger partial charge in [-0.2, -0.15) is 0 Å². The molecule has 1 unspecified atom stereocenters. The minimum atomic E-state index is -0.0978. The number of rotatable bonds is 3. The van der Waals surface area contributed by atoms with Gasteiger partial charge in [-0.25, -0.2) is 10.4 Å². The minimum Gasteiger partial charge on any atom is -0.482 e. The van der Waals surface area contributed by atoms with Crippen molar-refractivity contribution in [1.29, 1.82) is 0 Å². The molecule has 2 N–H and O–H groups in total. The van der Waals surface area contributed by atoms with Crippen LogP contribution in [0.1, 0.15) is 18.5 Å². The van der Waals surface area contributed by atoms with Crippen molar-refractivity contribution < 1.29 is 9.53 Å². The molecule has 0 spiro atoms. The molecule has 1 amide bonds. The predicted molar refractivity (Wildman–Crippen MR) is 81.2 cm³/mol. The number of nitrogens with one attached hydrogen (secondary N) is 2. The fourth-order valence-corrected chi connectivity index (χ4v) is 2.65. The summed E-state index contributed by atoms with van der Waals surface area (Å²) in [6.07, 6.45) is 0. The van der Waals surface area contributed by atoms with Crippen molar-refractivity contribution in [1.82, 2.24) is 15.3 Å². The van der Waals surface area contributed by atoms with Crippen LogP contribution in [0.5, 0.6) is 5.75 Å². The van der Waals surface area contributed by atoms with Crippen LogP contribution in [0.2, 0.25) is 0 Å². The van der Waals surface area contributed by atoms with Gasteiger partial charge in [0, 0.05) is 32.2 Å². The number of nitrogens with zero attached hydrogens (tertiary/aromatic N) is 2. The molecule has 2 heterocycles. The number of amides is 1. The largest absolute Gasteiger partial charge is 0.482 e. The van der Waals surface area contributed by atoms with Crippen molar-refractivity contribution in [2.75, 3.05) is 45.2 Å². The summed E-state index contributed by atoms with van der Waals surface area (Å²) in [6, 6.07) is 6.15. The highest BCUT2D eigenvalue weighted by Gasteiger charge is 2.19. The maximum absolute atomic E-state index is 11.4. The summed E-state index contributed by atoms with van der Waals surface area (Å²) in [5.41, 5.74) is 5.42. The second-order valence-corrected chi connectivity index (χ2v) is 5.73. The monoisotopic (exact) mass is 290 g/mol. The normalized spacial score (nSPS) is 21.3. The molecule has 0 saturated carbocycles. The highest BCUT2D eigenvalue weighted by atomic mass is 16.5. The Morgan fingerprint density at radius 2 is 2.05 bits per heavy atom. The van der Waals surface area contributed by atoms with Crippen molar-refractivity contribution in [2.45, 2.75) is 13.0 Å². The molecule has 6 heteroatoms. The van der Waals surface area contributed by atoms with Crippen LogP contribution in [0.4, 0.5) is 5.69 Å². The lowest BCUT2D eigenvalue weighted by molar-refractivity contribution is -0.118. The third-order valence-electron chi connectivity index (χ3n) is 4.02. The van der Waals surface area contributed by atoms with Crippen LogP contribution < -0.4 is 15.5 Å². The lowest BCUT2D eigenvalue weighted by Crippen LogP contribution is -2.51. The molecule has 1 aromatic rings. The first-order valence-corrected chi connectivity index (χ1v) is 7.38. The quantitative estimate of drug-likeness (QED) is 0.863. The summed E-state index contributed by atoms with van der Waals surface area (Å²) in [5, 5.41) is 5.12. The molecule has 1 saturated heterocycles. The summed E-state index contributed by atoms with van der Waals surface area (Å²) < 4.78 is 5.38. The summed E-state index contributed by atoms with van der Waals surface area (Å²) in [7, 11) is 2.15. The van der Waals surface area contributed by atoms with Gasteiger partial charge in [-0.3, -0.25) is 4.79 Å². The molecule has 2 aliphatic rings. The van der Waals surface area contributed by atoms with Crippen LogP contribution in [0.25, 0.3) is 0 Å². The van der Waals surface area contributed by atoms with Gasteiger partial charge in [0.25, 0.3) is 5.91 Å². The van der Waals surface area contributed by atoms with E-state index < -0.39 is 0 Å². The molecule has 0 aliphatic carbocycles. The van der Waals surface area contributed by atoms with E-state index in [0.717, 1.165) is 43.2 Å². The van der Waals surface area contributed by atoms with Crippen LogP contribution in [-0.4, -0.2) is 55.6 Å². The van der Waals surface area contributed by atoms with Gasteiger partial charge in [0.15, 0.2) is 6.61 Å². The molecule has 1 fully saturated rings. The van der Waals surface area contributed by atoms with Crippen molar-refractivity contribution in [2.24, 2.45) is 0 Å². The zero-order valence-corrected chi connectivity index (χ0v) is 12.6. The van der Waals surface area contributed by atoms with E-state index in [1.165, 1.54) is 0 Å². The second kappa shape index (κ2) is 6.01. The minimum absolute atomic E-state index is 0.0978. The Morgan fingerprint density at radius 3 is 2.81 bits per heavy atom. The summed E-state index contributed by atoms with van der Waals surface area (Å²) in [5.74, 6) is 0.643. The zero-order chi connectivity index (χ0) is 14.8. The Morgan fingerprint density at radius 1 is 1.29 bits per heavy atom. The van der Waals surface area contributed by atoms with Crippen LogP contribution in [0.15, 0.2) is 18.2 Å². The molecule has 0 bridgehead atoms. The van der Waals surface area contributed by atoms with Crippen molar-refractivity contribution >= 4 is 11.6 Å². The molecule has 3 rings (SSSR count). The first kappa shape index (κ1) is 14.3. The number of hydrogen-bond donors (Lipinski definition) is 2. The molecule has 6 nitrogen and oxygen atoms in total. The Kier molecular flexibility index (Phi) is 4.10. The van der Waals surface area contributed by atoms with Gasteiger partial charge >= 0.3 is 0 Å². The Hall–Kier alpha value is -1.63. The number of carbonyl (C=O) groups is 1. The van der Waals surface area contributed by atoms with Crippen molar-refractivity contribution in [3.8, 4) is 5.75 Å². The van der Waals surface area contributed by atoms with E-state index in [1.54, 1.807) is 0 Å². The summed E-state index contributed by atoms with van der Waals surface area (Å²) in [4.78, 5) is 13.7. The van der Waals surface area contributed by atoms with Gasteiger partial charge in [0.2, 0.25) is 0 Å². The first-order valence-electron chi connectivity index (χ1n) is 7.38. The van der Waals surface area contributed by atoms with Crippen LogP contribution in [-0.2, 0) is 4.79 Å². The average Bonchev–Trinajstić information content (AvgIpc) is 2.48. The number of hydrogen-bond acceptors (Lipinski definition) is 5. The molecule has 1 atom stereocenters. The van der Waals surface area contributed by atoms with E-state index in [4.69, 9.17) is 4.74 Å². The molecule has 1 aromatic carbocycles. The predicted octanol–water partition coefficient (Wildman–Crippen LogP) is 0.830. The van der Waals surface area contributed by atoms with Crippen molar-refractivity contribution in [3.63, 3.8) is 0 Å². The third kappa shape index (κ3) is 3.34. The second-order valence-electron chi connectivity index (χ2n) is 5.73. The highest BCUT2D eigenvalue weighted by Crippen LogP contribution is 2.30. The maximum Gasteiger partial charge on any atom is 0.262 e. The number of hydrazine groups is 1. The molecule has 114 valence electrons. The number of benzene rings is 1. The fourth-order valence-electron chi connectivity index (χ4n) is 2.65. The van der Waals surface area contributed by atoms with Gasteiger partial charge in [-0.1, -0.05) is 6.07 Å². The number of carbonyl (C=O) groups excluding carboxylic acids is 1. The maximum atomic E-state index is 11.4. The lowest BCUT2D eigenvalue weighted by atomic mass is 10.1. The van der Waals surface area contributed by atoms with Gasteiger partial charge in [-0.05, 0) is 31.7 Å². The Bertz CT molecular complexity index is 526.